The van der Waals surface area contributed by atoms with Crippen LogP contribution in [0, 0.1) is 20.8 Å². The highest BCUT2D eigenvalue weighted by molar-refractivity contribution is 9.10. The molecule has 1 aromatic heterocycles. The number of anilines is 2. The van der Waals surface area contributed by atoms with E-state index in [1.165, 1.54) is 0 Å². The summed E-state index contributed by atoms with van der Waals surface area (Å²) >= 11 is 3.38. The van der Waals surface area contributed by atoms with Gasteiger partial charge in [0.1, 0.15) is 5.82 Å². The lowest BCUT2D eigenvalue weighted by Crippen LogP contribution is -2.15. The predicted molar refractivity (Wildman–Crippen MR) is 85.0 cm³/mol. The summed E-state index contributed by atoms with van der Waals surface area (Å²) in [4.78, 5) is 16.4. The molecule has 1 amide bonds. The van der Waals surface area contributed by atoms with E-state index in [0.29, 0.717) is 17.1 Å². The number of carbonyl (C=O) groups excluding carboxylic acids is 1. The third kappa shape index (κ3) is 2.99. The van der Waals surface area contributed by atoms with Crippen LogP contribution in [0.3, 0.4) is 0 Å². The van der Waals surface area contributed by atoms with Crippen LogP contribution >= 0.6 is 15.9 Å². The Morgan fingerprint density at radius 1 is 1.15 bits per heavy atom. The van der Waals surface area contributed by atoms with Gasteiger partial charge in [0.15, 0.2) is 0 Å². The van der Waals surface area contributed by atoms with Gasteiger partial charge in [-0.15, -0.1) is 0 Å². The Morgan fingerprint density at radius 2 is 1.85 bits per heavy atom. The average molecular weight is 334 g/mol. The Kier molecular flexibility index (Phi) is 4.09. The van der Waals surface area contributed by atoms with E-state index in [1.807, 2.05) is 32.9 Å². The third-order valence-electron chi connectivity index (χ3n) is 3.15. The minimum Gasteiger partial charge on any atom is -0.398 e. The number of hydrogen-bond acceptors (Lipinski definition) is 3. The van der Waals surface area contributed by atoms with Gasteiger partial charge < -0.3 is 11.1 Å². The first-order valence-electron chi connectivity index (χ1n) is 6.18. The highest BCUT2D eigenvalue weighted by Gasteiger charge is 2.12. The van der Waals surface area contributed by atoms with Gasteiger partial charge in [0.25, 0.3) is 5.91 Å². The van der Waals surface area contributed by atoms with Crippen molar-refractivity contribution in [3.63, 3.8) is 0 Å². The zero-order chi connectivity index (χ0) is 14.9. The van der Waals surface area contributed by atoms with Gasteiger partial charge in [0.2, 0.25) is 0 Å². The van der Waals surface area contributed by atoms with Crippen molar-refractivity contribution in [1.29, 1.82) is 0 Å². The molecular weight excluding hydrogens is 318 g/mol. The topological polar surface area (TPSA) is 68.0 Å². The number of nitrogen functional groups attached to an aromatic ring is 1. The predicted octanol–water partition coefficient (Wildman–Crippen LogP) is 3.60. The first-order chi connectivity index (χ1) is 9.38. The first kappa shape index (κ1) is 14.5. The monoisotopic (exact) mass is 333 g/mol. The number of carbonyl (C=O) groups is 1. The molecule has 0 aliphatic carbocycles. The average Bonchev–Trinajstić information content (AvgIpc) is 2.38. The van der Waals surface area contributed by atoms with Crippen molar-refractivity contribution in [3.05, 3.63) is 51.1 Å². The van der Waals surface area contributed by atoms with Crippen molar-refractivity contribution in [1.82, 2.24) is 4.98 Å². The van der Waals surface area contributed by atoms with Gasteiger partial charge in [-0.25, -0.2) is 4.98 Å². The molecule has 2 aromatic rings. The zero-order valence-electron chi connectivity index (χ0n) is 11.6. The van der Waals surface area contributed by atoms with E-state index in [-0.39, 0.29) is 5.91 Å². The number of nitrogens with one attached hydrogen (secondary N) is 1. The van der Waals surface area contributed by atoms with Crippen molar-refractivity contribution >= 4 is 33.3 Å². The van der Waals surface area contributed by atoms with Gasteiger partial charge in [0, 0.05) is 21.9 Å². The highest BCUT2D eigenvalue weighted by atomic mass is 79.9. The second-order valence-electron chi connectivity index (χ2n) is 4.80. The normalized spacial score (nSPS) is 10.4. The van der Waals surface area contributed by atoms with Crippen LogP contribution in [0.4, 0.5) is 11.5 Å². The van der Waals surface area contributed by atoms with Crippen molar-refractivity contribution < 1.29 is 4.79 Å². The van der Waals surface area contributed by atoms with Crippen LogP contribution in [0.15, 0.2) is 28.9 Å². The molecule has 0 aliphatic rings. The number of aryl methyl sites for hydroxylation is 3. The number of aromatic nitrogens is 1. The van der Waals surface area contributed by atoms with Gasteiger partial charge in [-0.3, -0.25) is 4.79 Å². The smallest absolute Gasteiger partial charge is 0.257 e. The van der Waals surface area contributed by atoms with E-state index >= 15 is 0 Å². The summed E-state index contributed by atoms with van der Waals surface area (Å²) in [5.74, 6) is 0.317. The summed E-state index contributed by atoms with van der Waals surface area (Å²) in [6.07, 6.45) is 1.67. The molecule has 5 heteroatoms. The van der Waals surface area contributed by atoms with E-state index in [0.717, 1.165) is 21.2 Å². The minimum atomic E-state index is -0.205. The summed E-state index contributed by atoms with van der Waals surface area (Å²) < 4.78 is 0.909. The molecule has 104 valence electrons. The standard InChI is InChI=1S/C15H16BrN3O/c1-8-4-10(3)13(17)6-11(8)15(20)19-14-5-9(2)12(16)7-18-14/h4-7H,17H2,1-3H3,(H,18,19,20). The van der Waals surface area contributed by atoms with E-state index in [2.05, 4.69) is 26.2 Å². The zero-order valence-corrected chi connectivity index (χ0v) is 13.2. The Morgan fingerprint density at radius 3 is 2.50 bits per heavy atom. The SMILES string of the molecule is Cc1cc(C)c(C(=O)Nc2cc(C)c(Br)cn2)cc1N. The number of rotatable bonds is 2. The number of nitrogens with two attached hydrogens (primary N) is 1. The summed E-state index contributed by atoms with van der Waals surface area (Å²) in [5, 5.41) is 2.79. The molecule has 0 spiro atoms. The number of benzene rings is 1. The lowest BCUT2D eigenvalue weighted by molar-refractivity contribution is 0.102. The largest absolute Gasteiger partial charge is 0.398 e. The van der Waals surface area contributed by atoms with Crippen LogP contribution in [-0.2, 0) is 0 Å². The van der Waals surface area contributed by atoms with Crippen molar-refractivity contribution in [2.45, 2.75) is 20.8 Å². The van der Waals surface area contributed by atoms with Crippen molar-refractivity contribution in [3.8, 4) is 0 Å². The lowest BCUT2D eigenvalue weighted by Gasteiger charge is -2.10. The molecule has 0 saturated carbocycles. The Balaban J connectivity index is 2.28. The molecular formula is C15H16BrN3O. The van der Waals surface area contributed by atoms with E-state index in [4.69, 9.17) is 5.73 Å². The van der Waals surface area contributed by atoms with Gasteiger partial charge in [0.05, 0.1) is 0 Å². The minimum absolute atomic E-state index is 0.205. The quantitative estimate of drug-likeness (QED) is 0.825. The molecule has 0 bridgehead atoms. The summed E-state index contributed by atoms with van der Waals surface area (Å²) in [5.41, 5.74) is 9.91. The molecule has 0 radical (unpaired) electrons. The molecule has 2 rings (SSSR count). The fourth-order valence-electron chi connectivity index (χ4n) is 1.90. The molecule has 1 heterocycles. The number of pyridine rings is 1. The molecule has 1 aromatic carbocycles. The fourth-order valence-corrected chi connectivity index (χ4v) is 2.12. The second kappa shape index (κ2) is 5.63. The molecule has 3 N–H and O–H groups in total. The van der Waals surface area contributed by atoms with Crippen LogP contribution in [0.5, 0.6) is 0 Å². The highest BCUT2D eigenvalue weighted by Crippen LogP contribution is 2.20. The maximum absolute atomic E-state index is 12.3. The number of nitrogens with zero attached hydrogens (tertiary/aromatic N) is 1. The lowest BCUT2D eigenvalue weighted by atomic mass is 10.0. The van der Waals surface area contributed by atoms with Crippen LogP contribution in [-0.4, -0.2) is 10.9 Å². The maximum atomic E-state index is 12.3. The van der Waals surface area contributed by atoms with Crippen LogP contribution in [0.2, 0.25) is 0 Å². The number of halogens is 1. The summed E-state index contributed by atoms with van der Waals surface area (Å²) in [6, 6.07) is 5.42. The molecule has 0 unspecified atom stereocenters. The van der Waals surface area contributed by atoms with Crippen molar-refractivity contribution in [2.75, 3.05) is 11.1 Å². The van der Waals surface area contributed by atoms with E-state index in [1.54, 1.807) is 12.3 Å². The third-order valence-corrected chi connectivity index (χ3v) is 3.98. The molecule has 0 aliphatic heterocycles. The van der Waals surface area contributed by atoms with E-state index in [9.17, 15) is 4.79 Å². The molecule has 0 saturated heterocycles. The Labute approximate surface area is 126 Å². The van der Waals surface area contributed by atoms with Gasteiger partial charge in [-0.05, 0) is 65.5 Å². The van der Waals surface area contributed by atoms with Crippen molar-refractivity contribution in [2.24, 2.45) is 0 Å². The van der Waals surface area contributed by atoms with Crippen LogP contribution in [0.25, 0.3) is 0 Å². The van der Waals surface area contributed by atoms with Crippen LogP contribution in [0.1, 0.15) is 27.0 Å². The number of amides is 1. The Bertz CT molecular complexity index is 683. The molecule has 4 nitrogen and oxygen atoms in total. The number of hydrogen-bond donors (Lipinski definition) is 2. The molecule has 20 heavy (non-hydrogen) atoms. The van der Waals surface area contributed by atoms with Crippen LogP contribution < -0.4 is 11.1 Å². The van der Waals surface area contributed by atoms with E-state index < -0.39 is 0 Å². The fraction of sp³-hybridized carbons (Fsp3) is 0.200. The molecule has 0 atom stereocenters. The molecule has 0 fully saturated rings. The summed E-state index contributed by atoms with van der Waals surface area (Å²) in [6.45, 7) is 5.75. The maximum Gasteiger partial charge on any atom is 0.257 e. The Hall–Kier alpha value is -1.88. The van der Waals surface area contributed by atoms with Gasteiger partial charge in [-0.2, -0.15) is 0 Å². The second-order valence-corrected chi connectivity index (χ2v) is 5.65. The van der Waals surface area contributed by atoms with Gasteiger partial charge in [-0.1, -0.05) is 6.07 Å². The van der Waals surface area contributed by atoms with Gasteiger partial charge >= 0.3 is 0 Å². The summed E-state index contributed by atoms with van der Waals surface area (Å²) in [7, 11) is 0. The first-order valence-corrected chi connectivity index (χ1v) is 6.98.